The van der Waals surface area contributed by atoms with Crippen molar-refractivity contribution in [2.75, 3.05) is 65.4 Å². The lowest BCUT2D eigenvalue weighted by atomic mass is 9.80. The quantitative estimate of drug-likeness (QED) is 0.683. The highest BCUT2D eigenvalue weighted by Crippen LogP contribution is 2.42. The lowest BCUT2D eigenvalue weighted by Gasteiger charge is -2.36. The highest BCUT2D eigenvalue weighted by atomic mass is 32.2. The van der Waals surface area contributed by atoms with Gasteiger partial charge in [-0.05, 0) is 0 Å². The summed E-state index contributed by atoms with van der Waals surface area (Å²) in [7, 11) is -3.09. The standard InChI is InChI=1S/C12H22N2O4S/c1-19(15,16)14-6-11-7-18-10-12(11,9-14)8-13-2-4-17-5-3-13/h11H,2-10H2,1H3/t11-,12+/m1/s1. The van der Waals surface area contributed by atoms with Crippen LogP contribution < -0.4 is 0 Å². The van der Waals surface area contributed by atoms with E-state index in [1.54, 1.807) is 4.31 Å². The van der Waals surface area contributed by atoms with Crippen LogP contribution in [0.4, 0.5) is 0 Å². The van der Waals surface area contributed by atoms with Gasteiger partial charge in [0.1, 0.15) is 0 Å². The van der Waals surface area contributed by atoms with Gasteiger partial charge in [0.2, 0.25) is 10.0 Å². The Labute approximate surface area is 114 Å². The smallest absolute Gasteiger partial charge is 0.211 e. The molecule has 19 heavy (non-hydrogen) atoms. The fraction of sp³-hybridized carbons (Fsp3) is 1.00. The SMILES string of the molecule is CS(=O)(=O)N1C[C@@H]2COC[C@]2(CN2CCOCC2)C1. The van der Waals surface area contributed by atoms with E-state index in [0.29, 0.717) is 32.2 Å². The average molecular weight is 290 g/mol. The van der Waals surface area contributed by atoms with Crippen LogP contribution in [0.5, 0.6) is 0 Å². The monoisotopic (exact) mass is 290 g/mol. The van der Waals surface area contributed by atoms with Gasteiger partial charge in [0.25, 0.3) is 0 Å². The van der Waals surface area contributed by atoms with E-state index in [0.717, 1.165) is 32.8 Å². The number of morpholine rings is 1. The Hall–Kier alpha value is -0.210. The summed E-state index contributed by atoms with van der Waals surface area (Å²) in [4.78, 5) is 2.39. The van der Waals surface area contributed by atoms with Crippen LogP contribution in [0.2, 0.25) is 0 Å². The first-order chi connectivity index (χ1) is 9.00. The van der Waals surface area contributed by atoms with Crippen LogP contribution in [0.25, 0.3) is 0 Å². The molecule has 0 aromatic rings. The van der Waals surface area contributed by atoms with E-state index < -0.39 is 10.0 Å². The number of fused-ring (bicyclic) bond motifs is 1. The number of nitrogens with zero attached hydrogens (tertiary/aromatic N) is 2. The summed E-state index contributed by atoms with van der Waals surface area (Å²) >= 11 is 0. The second-order valence-electron chi connectivity index (χ2n) is 6.02. The maximum Gasteiger partial charge on any atom is 0.211 e. The molecule has 3 heterocycles. The number of rotatable bonds is 3. The minimum absolute atomic E-state index is 0.0135. The number of hydrogen-bond acceptors (Lipinski definition) is 5. The Morgan fingerprint density at radius 1 is 1.26 bits per heavy atom. The molecule has 0 bridgehead atoms. The van der Waals surface area contributed by atoms with Crippen LogP contribution in [0.15, 0.2) is 0 Å². The van der Waals surface area contributed by atoms with Crippen LogP contribution in [0.3, 0.4) is 0 Å². The van der Waals surface area contributed by atoms with Gasteiger partial charge in [-0.3, -0.25) is 4.90 Å². The van der Waals surface area contributed by atoms with Crippen LogP contribution in [0, 0.1) is 11.3 Å². The fourth-order valence-electron chi connectivity index (χ4n) is 3.46. The minimum Gasteiger partial charge on any atom is -0.380 e. The molecule has 0 unspecified atom stereocenters. The molecule has 3 saturated heterocycles. The Morgan fingerprint density at radius 3 is 2.68 bits per heavy atom. The summed E-state index contributed by atoms with van der Waals surface area (Å²) in [5.41, 5.74) is -0.0135. The van der Waals surface area contributed by atoms with Gasteiger partial charge >= 0.3 is 0 Å². The number of sulfonamides is 1. The second kappa shape index (κ2) is 4.96. The Kier molecular flexibility index (Phi) is 3.59. The van der Waals surface area contributed by atoms with Crippen molar-refractivity contribution in [1.82, 2.24) is 9.21 Å². The average Bonchev–Trinajstić information content (AvgIpc) is 2.85. The van der Waals surface area contributed by atoms with Crippen molar-refractivity contribution in [2.45, 2.75) is 0 Å². The van der Waals surface area contributed by atoms with Gasteiger partial charge in [0, 0.05) is 44.1 Å². The third kappa shape index (κ3) is 2.67. The summed E-state index contributed by atoms with van der Waals surface area (Å²) in [5.74, 6) is 0.338. The molecule has 3 aliphatic heterocycles. The first kappa shape index (κ1) is 13.8. The number of ether oxygens (including phenoxy) is 2. The molecule has 0 radical (unpaired) electrons. The highest BCUT2D eigenvalue weighted by molar-refractivity contribution is 7.88. The molecule has 110 valence electrons. The van der Waals surface area contributed by atoms with Gasteiger partial charge in [-0.2, -0.15) is 0 Å². The maximum absolute atomic E-state index is 11.8. The van der Waals surface area contributed by atoms with Crippen LogP contribution in [-0.4, -0.2) is 83.0 Å². The molecule has 0 saturated carbocycles. The summed E-state index contributed by atoms with van der Waals surface area (Å²) in [6.45, 7) is 6.94. The van der Waals surface area contributed by atoms with Gasteiger partial charge in [0.15, 0.2) is 0 Å². The molecule has 0 aliphatic carbocycles. The summed E-state index contributed by atoms with van der Waals surface area (Å²) < 4.78 is 36.1. The molecule has 7 heteroatoms. The van der Waals surface area contributed by atoms with Crippen molar-refractivity contribution in [3.8, 4) is 0 Å². The zero-order valence-electron chi connectivity index (χ0n) is 11.4. The van der Waals surface area contributed by atoms with Crippen molar-refractivity contribution in [3.05, 3.63) is 0 Å². The molecular weight excluding hydrogens is 268 g/mol. The lowest BCUT2D eigenvalue weighted by Crippen LogP contribution is -2.47. The van der Waals surface area contributed by atoms with Crippen LogP contribution in [0.1, 0.15) is 0 Å². The van der Waals surface area contributed by atoms with Crippen LogP contribution in [-0.2, 0) is 19.5 Å². The van der Waals surface area contributed by atoms with Gasteiger partial charge in [-0.25, -0.2) is 12.7 Å². The first-order valence-corrected chi connectivity index (χ1v) is 8.67. The third-order valence-corrected chi connectivity index (χ3v) is 5.82. The molecule has 3 aliphatic rings. The predicted octanol–water partition coefficient (Wildman–Crippen LogP) is -0.773. The largest absolute Gasteiger partial charge is 0.380 e. The zero-order valence-corrected chi connectivity index (χ0v) is 12.2. The molecule has 0 aromatic carbocycles. The van der Waals surface area contributed by atoms with Gasteiger partial charge in [-0.1, -0.05) is 0 Å². The van der Waals surface area contributed by atoms with Crippen molar-refractivity contribution in [3.63, 3.8) is 0 Å². The predicted molar refractivity (Wildman–Crippen MR) is 70.4 cm³/mol. The maximum atomic E-state index is 11.8. The molecule has 6 nitrogen and oxygen atoms in total. The molecule has 0 spiro atoms. The van der Waals surface area contributed by atoms with E-state index in [2.05, 4.69) is 4.90 Å². The first-order valence-electron chi connectivity index (χ1n) is 6.83. The molecule has 0 aromatic heterocycles. The van der Waals surface area contributed by atoms with Gasteiger partial charge < -0.3 is 9.47 Å². The minimum atomic E-state index is -3.09. The van der Waals surface area contributed by atoms with E-state index in [9.17, 15) is 8.42 Å². The van der Waals surface area contributed by atoms with E-state index in [-0.39, 0.29) is 5.41 Å². The van der Waals surface area contributed by atoms with Gasteiger partial charge in [-0.15, -0.1) is 0 Å². The fourth-order valence-corrected chi connectivity index (χ4v) is 4.41. The Balaban J connectivity index is 1.73. The summed E-state index contributed by atoms with van der Waals surface area (Å²) in [6, 6.07) is 0. The Bertz CT molecular complexity index is 435. The lowest BCUT2D eigenvalue weighted by molar-refractivity contribution is 0.0118. The van der Waals surface area contributed by atoms with E-state index in [1.807, 2.05) is 0 Å². The van der Waals surface area contributed by atoms with Crippen molar-refractivity contribution >= 4 is 10.0 Å². The summed E-state index contributed by atoms with van der Waals surface area (Å²) in [6.07, 6.45) is 1.30. The van der Waals surface area contributed by atoms with Crippen LogP contribution >= 0.6 is 0 Å². The zero-order chi connectivity index (χ0) is 13.5. The second-order valence-corrected chi connectivity index (χ2v) is 8.00. The normalized spacial score (nSPS) is 37.6. The molecule has 3 fully saturated rings. The molecular formula is C12H22N2O4S. The topological polar surface area (TPSA) is 59.1 Å². The van der Waals surface area contributed by atoms with E-state index in [4.69, 9.17) is 9.47 Å². The number of hydrogen-bond donors (Lipinski definition) is 0. The van der Waals surface area contributed by atoms with E-state index in [1.165, 1.54) is 6.26 Å². The summed E-state index contributed by atoms with van der Waals surface area (Å²) in [5, 5.41) is 0. The van der Waals surface area contributed by atoms with Crippen molar-refractivity contribution < 1.29 is 17.9 Å². The molecule has 0 amide bonds. The molecule has 0 N–H and O–H groups in total. The third-order valence-electron chi connectivity index (χ3n) is 4.60. The van der Waals surface area contributed by atoms with E-state index >= 15 is 0 Å². The molecule has 3 rings (SSSR count). The Morgan fingerprint density at radius 2 is 2.00 bits per heavy atom. The van der Waals surface area contributed by atoms with Crippen molar-refractivity contribution in [2.24, 2.45) is 11.3 Å². The molecule has 2 atom stereocenters. The van der Waals surface area contributed by atoms with Crippen molar-refractivity contribution in [1.29, 1.82) is 0 Å². The van der Waals surface area contributed by atoms with Gasteiger partial charge in [0.05, 0.1) is 32.7 Å². The highest BCUT2D eigenvalue weighted by Gasteiger charge is 2.53.